The Morgan fingerprint density at radius 2 is 2.38 bits per heavy atom. The number of rotatable bonds is 2. The van der Waals surface area contributed by atoms with E-state index in [1.54, 1.807) is 6.92 Å². The minimum atomic E-state index is 0.135. The van der Waals surface area contributed by atoms with Crippen LogP contribution in [0.4, 0.5) is 0 Å². The van der Waals surface area contributed by atoms with Crippen LogP contribution in [-0.4, -0.2) is 10.8 Å². The molecule has 0 fully saturated rings. The highest BCUT2D eigenvalue weighted by Gasteiger charge is 2.05. The Balaban J connectivity index is 2.54. The Bertz CT molecular complexity index is 445. The molecule has 0 unspecified atom stereocenters. The first-order chi connectivity index (χ1) is 6.27. The third-order valence-electron chi connectivity index (χ3n) is 1.88. The summed E-state index contributed by atoms with van der Waals surface area (Å²) in [5.41, 5.74) is 2.45. The number of fused-ring (bicyclic) bond motifs is 1. The van der Waals surface area contributed by atoms with Gasteiger partial charge >= 0.3 is 0 Å². The van der Waals surface area contributed by atoms with Gasteiger partial charge in [0.1, 0.15) is 11.3 Å². The Hall–Kier alpha value is -1.64. The van der Waals surface area contributed by atoms with E-state index >= 15 is 0 Å². The molecule has 1 aromatic heterocycles. The predicted molar refractivity (Wildman–Crippen MR) is 48.4 cm³/mol. The van der Waals surface area contributed by atoms with Gasteiger partial charge in [-0.05, 0) is 18.6 Å². The van der Waals surface area contributed by atoms with Gasteiger partial charge in [-0.2, -0.15) is 0 Å². The van der Waals surface area contributed by atoms with Crippen molar-refractivity contribution in [1.82, 2.24) is 4.98 Å². The van der Waals surface area contributed by atoms with Gasteiger partial charge < -0.3 is 4.42 Å². The highest BCUT2D eigenvalue weighted by atomic mass is 16.3. The van der Waals surface area contributed by atoms with Crippen molar-refractivity contribution in [3.8, 4) is 0 Å². The Morgan fingerprint density at radius 1 is 1.54 bits per heavy atom. The van der Waals surface area contributed by atoms with Crippen molar-refractivity contribution in [2.24, 2.45) is 0 Å². The van der Waals surface area contributed by atoms with Crippen LogP contribution in [0.25, 0.3) is 11.1 Å². The first-order valence-electron chi connectivity index (χ1n) is 4.08. The largest absolute Gasteiger partial charge is 0.443 e. The van der Waals surface area contributed by atoms with Crippen LogP contribution in [0.3, 0.4) is 0 Å². The molecule has 0 N–H and O–H groups in total. The van der Waals surface area contributed by atoms with Gasteiger partial charge in [0, 0.05) is 6.42 Å². The molecule has 0 radical (unpaired) electrons. The quantitative estimate of drug-likeness (QED) is 0.700. The van der Waals surface area contributed by atoms with Crippen molar-refractivity contribution in [2.75, 3.05) is 0 Å². The molecular weight excluding hydrogens is 166 g/mol. The van der Waals surface area contributed by atoms with Crippen molar-refractivity contribution in [2.45, 2.75) is 13.3 Å². The number of para-hydroxylation sites is 1. The van der Waals surface area contributed by atoms with Gasteiger partial charge in [0.25, 0.3) is 0 Å². The number of carbonyl (C=O) groups excluding carboxylic acids is 1. The predicted octanol–water partition coefficient (Wildman–Crippen LogP) is 1.96. The van der Waals surface area contributed by atoms with E-state index in [9.17, 15) is 4.79 Å². The molecule has 0 bridgehead atoms. The summed E-state index contributed by atoms with van der Waals surface area (Å²) in [4.78, 5) is 15.0. The lowest BCUT2D eigenvalue weighted by Gasteiger charge is -1.96. The fourth-order valence-corrected chi connectivity index (χ4v) is 1.36. The summed E-state index contributed by atoms with van der Waals surface area (Å²) in [5.74, 6) is 0.135. The molecule has 2 aromatic rings. The number of Topliss-reactive ketones (excluding diaryl/α,β-unsaturated/α-hetero) is 1. The zero-order chi connectivity index (χ0) is 9.26. The van der Waals surface area contributed by atoms with E-state index in [-0.39, 0.29) is 5.78 Å². The zero-order valence-electron chi connectivity index (χ0n) is 7.28. The molecule has 0 saturated carbocycles. The standard InChI is InChI=1S/C10H9NO2/c1-7(12)5-8-3-2-4-9-10(8)11-6-13-9/h2-4,6H,5H2,1H3. The molecule has 0 aliphatic rings. The molecule has 0 atom stereocenters. The summed E-state index contributed by atoms with van der Waals surface area (Å²) in [6.07, 6.45) is 1.82. The number of hydrogen-bond donors (Lipinski definition) is 0. The summed E-state index contributed by atoms with van der Waals surface area (Å²) in [7, 11) is 0. The van der Waals surface area contributed by atoms with E-state index < -0.39 is 0 Å². The van der Waals surface area contributed by atoms with Crippen LogP contribution in [0.15, 0.2) is 29.0 Å². The minimum Gasteiger partial charge on any atom is -0.443 e. The summed E-state index contributed by atoms with van der Waals surface area (Å²) < 4.78 is 5.12. The molecule has 0 saturated heterocycles. The molecule has 3 nitrogen and oxygen atoms in total. The minimum absolute atomic E-state index is 0.135. The fourth-order valence-electron chi connectivity index (χ4n) is 1.36. The Labute approximate surface area is 75.4 Å². The van der Waals surface area contributed by atoms with Crippen LogP contribution in [0.5, 0.6) is 0 Å². The highest BCUT2D eigenvalue weighted by Crippen LogP contribution is 2.17. The van der Waals surface area contributed by atoms with Gasteiger partial charge in [-0.25, -0.2) is 4.98 Å². The van der Waals surface area contributed by atoms with E-state index in [2.05, 4.69) is 4.98 Å². The molecule has 66 valence electrons. The molecular formula is C10H9NO2. The maximum absolute atomic E-state index is 10.9. The molecule has 1 heterocycles. The monoisotopic (exact) mass is 175 g/mol. The lowest BCUT2D eigenvalue weighted by atomic mass is 10.1. The number of hydrogen-bond acceptors (Lipinski definition) is 3. The van der Waals surface area contributed by atoms with E-state index in [0.717, 1.165) is 16.7 Å². The SMILES string of the molecule is CC(=O)Cc1cccc2ocnc12. The van der Waals surface area contributed by atoms with Crippen LogP contribution < -0.4 is 0 Å². The normalized spacial score (nSPS) is 10.5. The van der Waals surface area contributed by atoms with Crippen LogP contribution in [-0.2, 0) is 11.2 Å². The van der Waals surface area contributed by atoms with Crippen LogP contribution in [0, 0.1) is 0 Å². The van der Waals surface area contributed by atoms with Gasteiger partial charge in [-0.3, -0.25) is 4.79 Å². The van der Waals surface area contributed by atoms with Crippen molar-refractivity contribution in [3.63, 3.8) is 0 Å². The van der Waals surface area contributed by atoms with Crippen molar-refractivity contribution in [3.05, 3.63) is 30.2 Å². The number of carbonyl (C=O) groups is 1. The summed E-state index contributed by atoms with van der Waals surface area (Å²) in [5, 5.41) is 0. The van der Waals surface area contributed by atoms with Gasteiger partial charge in [-0.15, -0.1) is 0 Å². The number of ketones is 1. The van der Waals surface area contributed by atoms with Gasteiger partial charge in [0.15, 0.2) is 12.0 Å². The second-order valence-corrected chi connectivity index (χ2v) is 3.00. The van der Waals surface area contributed by atoms with E-state index in [1.807, 2.05) is 18.2 Å². The number of oxazole rings is 1. The Kier molecular flexibility index (Phi) is 1.85. The van der Waals surface area contributed by atoms with Crippen LogP contribution in [0.2, 0.25) is 0 Å². The smallest absolute Gasteiger partial charge is 0.181 e. The number of aromatic nitrogens is 1. The van der Waals surface area contributed by atoms with E-state index in [1.165, 1.54) is 6.39 Å². The van der Waals surface area contributed by atoms with Gasteiger partial charge in [0.2, 0.25) is 0 Å². The molecule has 0 aliphatic heterocycles. The lowest BCUT2D eigenvalue weighted by molar-refractivity contribution is -0.116. The third-order valence-corrected chi connectivity index (χ3v) is 1.88. The second kappa shape index (κ2) is 3.01. The van der Waals surface area contributed by atoms with Gasteiger partial charge in [0.05, 0.1) is 0 Å². The fraction of sp³-hybridized carbons (Fsp3) is 0.200. The van der Waals surface area contributed by atoms with Crippen molar-refractivity contribution < 1.29 is 9.21 Å². The average molecular weight is 175 g/mol. The molecule has 3 heteroatoms. The highest BCUT2D eigenvalue weighted by molar-refractivity contribution is 5.84. The van der Waals surface area contributed by atoms with E-state index in [4.69, 9.17) is 4.42 Å². The zero-order valence-corrected chi connectivity index (χ0v) is 7.28. The van der Waals surface area contributed by atoms with E-state index in [0.29, 0.717) is 6.42 Å². The average Bonchev–Trinajstić information content (AvgIpc) is 2.51. The maximum atomic E-state index is 10.9. The summed E-state index contributed by atoms with van der Waals surface area (Å²) >= 11 is 0. The Morgan fingerprint density at radius 3 is 3.15 bits per heavy atom. The topological polar surface area (TPSA) is 43.1 Å². The maximum Gasteiger partial charge on any atom is 0.181 e. The molecule has 2 rings (SSSR count). The molecule has 0 aliphatic carbocycles. The molecule has 1 aromatic carbocycles. The first kappa shape index (κ1) is 7.98. The number of nitrogens with zero attached hydrogens (tertiary/aromatic N) is 1. The van der Waals surface area contributed by atoms with Gasteiger partial charge in [-0.1, -0.05) is 12.1 Å². The molecule has 13 heavy (non-hydrogen) atoms. The summed E-state index contributed by atoms with van der Waals surface area (Å²) in [6.45, 7) is 1.57. The van der Waals surface area contributed by atoms with Crippen molar-refractivity contribution >= 4 is 16.9 Å². The van der Waals surface area contributed by atoms with Crippen molar-refractivity contribution in [1.29, 1.82) is 0 Å². The molecule has 0 spiro atoms. The lowest BCUT2D eigenvalue weighted by Crippen LogP contribution is -1.96. The second-order valence-electron chi connectivity index (χ2n) is 3.00. The van der Waals surface area contributed by atoms with Crippen LogP contribution in [0.1, 0.15) is 12.5 Å². The third kappa shape index (κ3) is 1.45. The van der Waals surface area contributed by atoms with Crippen LogP contribution >= 0.6 is 0 Å². The number of benzene rings is 1. The first-order valence-corrected chi connectivity index (χ1v) is 4.08. The molecule has 0 amide bonds. The summed E-state index contributed by atoms with van der Waals surface area (Å²) in [6, 6.07) is 5.60.